The van der Waals surface area contributed by atoms with Crippen LogP contribution in [0.5, 0.6) is 0 Å². The molecule has 0 saturated carbocycles. The highest BCUT2D eigenvalue weighted by Crippen LogP contribution is 2.23. The molecular weight excluding hydrogens is 262 g/mol. The van der Waals surface area contributed by atoms with Crippen molar-refractivity contribution in [1.82, 2.24) is 9.80 Å². The van der Waals surface area contributed by atoms with Crippen LogP contribution in [0.25, 0.3) is 11.0 Å². The van der Waals surface area contributed by atoms with Gasteiger partial charge in [-0.2, -0.15) is 0 Å². The number of benzene rings is 1. The lowest BCUT2D eigenvalue weighted by Gasteiger charge is -2.23. The highest BCUT2D eigenvalue weighted by atomic mass is 16.3. The molecule has 1 unspecified atom stereocenters. The van der Waals surface area contributed by atoms with Crippen molar-refractivity contribution in [2.75, 3.05) is 39.8 Å². The largest absolute Gasteiger partial charge is 0.459 e. The van der Waals surface area contributed by atoms with Crippen molar-refractivity contribution in [3.8, 4) is 0 Å². The number of likely N-dealkylation sites (N-methyl/N-ethyl adjacent to an activating group) is 1. The highest BCUT2D eigenvalue weighted by molar-refractivity contribution is 5.77. The van der Waals surface area contributed by atoms with Crippen LogP contribution in [0.3, 0.4) is 0 Å². The lowest BCUT2D eigenvalue weighted by molar-refractivity contribution is 0.242. The Morgan fingerprint density at radius 3 is 2.81 bits per heavy atom. The molecule has 1 aliphatic rings. The number of rotatable bonds is 6. The molecule has 0 bridgehead atoms. The number of hydrogen-bond donors (Lipinski definition) is 1. The fourth-order valence-corrected chi connectivity index (χ4v) is 3.02. The Kier molecular flexibility index (Phi) is 4.58. The summed E-state index contributed by atoms with van der Waals surface area (Å²) in [5, 5.41) is 1.13. The average molecular weight is 287 g/mol. The third-order valence-corrected chi connectivity index (χ3v) is 4.32. The Morgan fingerprint density at radius 2 is 2.05 bits per heavy atom. The van der Waals surface area contributed by atoms with Crippen LogP contribution < -0.4 is 5.73 Å². The zero-order chi connectivity index (χ0) is 14.7. The van der Waals surface area contributed by atoms with Crippen LogP contribution >= 0.6 is 0 Å². The maximum atomic E-state index is 6.29. The second-order valence-corrected chi connectivity index (χ2v) is 6.10. The van der Waals surface area contributed by atoms with Crippen LogP contribution in [-0.4, -0.2) is 49.6 Å². The predicted octanol–water partition coefficient (Wildman–Crippen LogP) is 2.46. The van der Waals surface area contributed by atoms with E-state index in [0.717, 1.165) is 36.4 Å². The molecule has 1 aromatic heterocycles. The van der Waals surface area contributed by atoms with E-state index in [2.05, 4.69) is 29.0 Å². The molecule has 1 aliphatic heterocycles. The number of fused-ring (bicyclic) bond motifs is 1. The molecule has 0 amide bonds. The molecule has 4 nitrogen and oxygen atoms in total. The first-order chi connectivity index (χ1) is 10.2. The summed E-state index contributed by atoms with van der Waals surface area (Å²) in [5.74, 6) is 0.879. The van der Waals surface area contributed by atoms with Gasteiger partial charge >= 0.3 is 0 Å². The van der Waals surface area contributed by atoms with E-state index in [1.165, 1.54) is 25.9 Å². The van der Waals surface area contributed by atoms with Crippen LogP contribution in [0, 0.1) is 0 Å². The van der Waals surface area contributed by atoms with Gasteiger partial charge in [0, 0.05) is 25.0 Å². The lowest BCUT2D eigenvalue weighted by Crippen LogP contribution is -2.35. The second-order valence-electron chi connectivity index (χ2n) is 6.10. The molecule has 114 valence electrons. The number of para-hydroxylation sites is 1. The van der Waals surface area contributed by atoms with Gasteiger partial charge in [-0.15, -0.1) is 0 Å². The molecule has 1 saturated heterocycles. The van der Waals surface area contributed by atoms with Crippen molar-refractivity contribution in [3.63, 3.8) is 0 Å². The third kappa shape index (κ3) is 3.64. The van der Waals surface area contributed by atoms with Gasteiger partial charge in [0.2, 0.25) is 0 Å². The van der Waals surface area contributed by atoms with Gasteiger partial charge in [-0.05, 0) is 45.1 Å². The minimum atomic E-state index is -0.0685. The van der Waals surface area contributed by atoms with Crippen LogP contribution in [-0.2, 0) is 0 Å². The average Bonchev–Trinajstić information content (AvgIpc) is 3.14. The van der Waals surface area contributed by atoms with Gasteiger partial charge in [-0.3, -0.25) is 0 Å². The Hall–Kier alpha value is -1.36. The predicted molar refractivity (Wildman–Crippen MR) is 86.3 cm³/mol. The molecule has 0 aliphatic carbocycles. The van der Waals surface area contributed by atoms with E-state index in [9.17, 15) is 0 Å². The van der Waals surface area contributed by atoms with Gasteiger partial charge in [0.05, 0.1) is 6.04 Å². The first kappa shape index (κ1) is 14.6. The fraction of sp³-hybridized carbons (Fsp3) is 0.529. The standard InChI is InChI=1S/C17H25N3O/c1-19(10-11-20-8-4-5-9-20)13-15(18)17-12-14-6-2-3-7-16(14)21-17/h2-3,6-7,12,15H,4-5,8-11,13,18H2,1H3. The third-order valence-electron chi connectivity index (χ3n) is 4.32. The van der Waals surface area contributed by atoms with Gasteiger partial charge in [-0.1, -0.05) is 18.2 Å². The Balaban J connectivity index is 1.53. The van der Waals surface area contributed by atoms with Crippen LogP contribution in [0.1, 0.15) is 24.6 Å². The number of nitrogens with two attached hydrogens (primary N) is 1. The number of nitrogens with zero attached hydrogens (tertiary/aromatic N) is 2. The topological polar surface area (TPSA) is 45.6 Å². The molecule has 1 fully saturated rings. The molecule has 4 heteroatoms. The molecular formula is C17H25N3O. The van der Waals surface area contributed by atoms with E-state index >= 15 is 0 Å². The van der Waals surface area contributed by atoms with Crippen LogP contribution in [0.15, 0.2) is 34.7 Å². The molecule has 0 radical (unpaired) electrons. The molecule has 1 atom stereocenters. The zero-order valence-electron chi connectivity index (χ0n) is 12.8. The van der Waals surface area contributed by atoms with E-state index in [1.807, 2.05) is 18.2 Å². The summed E-state index contributed by atoms with van der Waals surface area (Å²) >= 11 is 0. The molecule has 2 heterocycles. The van der Waals surface area contributed by atoms with Gasteiger partial charge in [-0.25, -0.2) is 0 Å². The summed E-state index contributed by atoms with van der Waals surface area (Å²) in [7, 11) is 2.14. The van der Waals surface area contributed by atoms with Crippen LogP contribution in [0.2, 0.25) is 0 Å². The SMILES string of the molecule is CN(CCN1CCCC1)CC(N)c1cc2ccccc2o1. The zero-order valence-corrected chi connectivity index (χ0v) is 12.8. The Bertz CT molecular complexity index is 541. The van der Waals surface area contributed by atoms with E-state index in [4.69, 9.17) is 10.2 Å². The van der Waals surface area contributed by atoms with Crippen molar-refractivity contribution in [1.29, 1.82) is 0 Å². The van der Waals surface area contributed by atoms with Gasteiger partial charge in [0.25, 0.3) is 0 Å². The summed E-state index contributed by atoms with van der Waals surface area (Å²) in [6.07, 6.45) is 2.70. The number of likely N-dealkylation sites (tertiary alicyclic amines) is 1. The fourth-order valence-electron chi connectivity index (χ4n) is 3.02. The molecule has 2 aromatic rings. The maximum Gasteiger partial charge on any atom is 0.134 e. The number of furan rings is 1. The molecule has 3 rings (SSSR count). The minimum absolute atomic E-state index is 0.0685. The summed E-state index contributed by atoms with van der Waals surface area (Å²) in [4.78, 5) is 4.83. The van der Waals surface area contributed by atoms with Gasteiger partial charge in [0.1, 0.15) is 11.3 Å². The Morgan fingerprint density at radius 1 is 1.29 bits per heavy atom. The molecule has 2 N–H and O–H groups in total. The summed E-state index contributed by atoms with van der Waals surface area (Å²) in [6, 6.07) is 10.1. The van der Waals surface area contributed by atoms with Gasteiger partial charge < -0.3 is 20.0 Å². The van der Waals surface area contributed by atoms with E-state index in [0.29, 0.717) is 0 Å². The normalized spacial score (nSPS) is 17.9. The van der Waals surface area contributed by atoms with Crippen molar-refractivity contribution in [2.45, 2.75) is 18.9 Å². The maximum absolute atomic E-state index is 6.29. The minimum Gasteiger partial charge on any atom is -0.459 e. The van der Waals surface area contributed by atoms with Crippen LogP contribution in [0.4, 0.5) is 0 Å². The smallest absolute Gasteiger partial charge is 0.134 e. The van der Waals surface area contributed by atoms with E-state index in [-0.39, 0.29) is 6.04 Å². The van der Waals surface area contributed by atoms with Crippen molar-refractivity contribution >= 4 is 11.0 Å². The monoisotopic (exact) mass is 287 g/mol. The van der Waals surface area contributed by atoms with Gasteiger partial charge in [0.15, 0.2) is 0 Å². The summed E-state index contributed by atoms with van der Waals surface area (Å²) < 4.78 is 5.85. The first-order valence-electron chi connectivity index (χ1n) is 7.87. The second kappa shape index (κ2) is 6.60. The van der Waals surface area contributed by atoms with Crippen molar-refractivity contribution in [3.05, 3.63) is 36.1 Å². The molecule has 1 aromatic carbocycles. The number of hydrogen-bond acceptors (Lipinski definition) is 4. The molecule has 21 heavy (non-hydrogen) atoms. The summed E-state index contributed by atoms with van der Waals surface area (Å²) in [6.45, 7) is 5.54. The Labute approximate surface area is 126 Å². The summed E-state index contributed by atoms with van der Waals surface area (Å²) in [5.41, 5.74) is 7.21. The van der Waals surface area contributed by atoms with E-state index in [1.54, 1.807) is 0 Å². The molecule has 0 spiro atoms. The van der Waals surface area contributed by atoms with E-state index < -0.39 is 0 Å². The van der Waals surface area contributed by atoms with Crippen molar-refractivity contribution < 1.29 is 4.42 Å². The van der Waals surface area contributed by atoms with Crippen molar-refractivity contribution in [2.24, 2.45) is 5.73 Å². The first-order valence-corrected chi connectivity index (χ1v) is 7.87. The lowest BCUT2D eigenvalue weighted by atomic mass is 10.2. The highest BCUT2D eigenvalue weighted by Gasteiger charge is 2.16. The quantitative estimate of drug-likeness (QED) is 0.886.